The molecule has 0 aliphatic carbocycles. The van der Waals surface area contributed by atoms with Crippen LogP contribution >= 0.6 is 0 Å². The van der Waals surface area contributed by atoms with Gasteiger partial charge in [0.2, 0.25) is 11.8 Å². The normalized spacial score (nSPS) is 12.6. The molecule has 0 aliphatic rings. The number of rotatable bonds is 5. The zero-order chi connectivity index (χ0) is 16.0. The van der Waals surface area contributed by atoms with Gasteiger partial charge >= 0.3 is 6.18 Å². The lowest BCUT2D eigenvalue weighted by Crippen LogP contribution is -2.33. The first-order valence-electron chi connectivity index (χ1n) is 6.46. The number of anilines is 1. The van der Waals surface area contributed by atoms with Gasteiger partial charge in [0.25, 0.3) is 0 Å². The fraction of sp³-hybridized carbons (Fsp3) is 0.429. The van der Waals surface area contributed by atoms with Crippen LogP contribution in [0.2, 0.25) is 0 Å². The second-order valence-electron chi connectivity index (χ2n) is 4.63. The molecule has 0 aromatic heterocycles. The molecule has 0 radical (unpaired) electrons. The number of carbonyl (C=O) groups is 2. The molecule has 0 bridgehead atoms. The average molecular weight is 302 g/mol. The molecule has 4 nitrogen and oxygen atoms in total. The number of nitrogens with one attached hydrogen (secondary N) is 2. The number of amides is 2. The Bertz CT molecular complexity index is 498. The van der Waals surface area contributed by atoms with Crippen LogP contribution in [0.3, 0.4) is 0 Å². The fourth-order valence-corrected chi connectivity index (χ4v) is 1.76. The standard InChI is InChI=1S/C14H17F3N2O2/c1-3-11(8-13(21)18-9(2)20)19-12-6-4-10(5-7-12)14(15,16)17/h4-7,11,19H,3,8H2,1-2H3,(H,18,20,21). The average Bonchev–Trinajstić information content (AvgIpc) is 2.36. The number of benzene rings is 1. The van der Waals surface area contributed by atoms with Gasteiger partial charge in [0.15, 0.2) is 0 Å². The molecule has 0 saturated carbocycles. The highest BCUT2D eigenvalue weighted by Crippen LogP contribution is 2.30. The van der Waals surface area contributed by atoms with Crippen molar-refractivity contribution in [1.82, 2.24) is 5.32 Å². The molecular formula is C14H17F3N2O2. The number of hydrogen-bond acceptors (Lipinski definition) is 3. The molecule has 1 unspecified atom stereocenters. The van der Waals surface area contributed by atoms with Crippen molar-refractivity contribution >= 4 is 17.5 Å². The Labute approximate surface area is 120 Å². The summed E-state index contributed by atoms with van der Waals surface area (Å²) in [6, 6.07) is 4.32. The van der Waals surface area contributed by atoms with Gasteiger partial charge in [-0.25, -0.2) is 0 Å². The number of carbonyl (C=O) groups excluding carboxylic acids is 2. The summed E-state index contributed by atoms with van der Waals surface area (Å²) in [4.78, 5) is 22.2. The highest BCUT2D eigenvalue weighted by atomic mass is 19.4. The molecule has 2 amide bonds. The minimum atomic E-state index is -4.37. The summed E-state index contributed by atoms with van der Waals surface area (Å²) in [5.41, 5.74) is -0.235. The minimum absolute atomic E-state index is 0.0666. The van der Waals surface area contributed by atoms with Crippen molar-refractivity contribution in [2.24, 2.45) is 0 Å². The van der Waals surface area contributed by atoms with Crippen molar-refractivity contribution < 1.29 is 22.8 Å². The number of hydrogen-bond donors (Lipinski definition) is 2. The van der Waals surface area contributed by atoms with Crippen LogP contribution in [0.1, 0.15) is 32.3 Å². The maximum absolute atomic E-state index is 12.4. The minimum Gasteiger partial charge on any atom is -0.382 e. The largest absolute Gasteiger partial charge is 0.416 e. The van der Waals surface area contributed by atoms with Gasteiger partial charge in [-0.1, -0.05) is 6.92 Å². The summed E-state index contributed by atoms with van der Waals surface area (Å²) in [6.07, 6.45) is -3.71. The lowest BCUT2D eigenvalue weighted by Gasteiger charge is -2.18. The van der Waals surface area contributed by atoms with Crippen LogP contribution in [-0.2, 0) is 15.8 Å². The van der Waals surface area contributed by atoms with Crippen molar-refractivity contribution in [2.45, 2.75) is 38.9 Å². The molecule has 1 atom stereocenters. The molecular weight excluding hydrogens is 285 g/mol. The number of imide groups is 1. The van der Waals surface area contributed by atoms with E-state index < -0.39 is 23.6 Å². The first-order chi connectivity index (χ1) is 9.72. The van der Waals surface area contributed by atoms with E-state index in [1.165, 1.54) is 19.1 Å². The Hall–Kier alpha value is -2.05. The Morgan fingerprint density at radius 1 is 1.19 bits per heavy atom. The molecule has 0 aliphatic heterocycles. The van der Waals surface area contributed by atoms with Gasteiger partial charge in [-0.3, -0.25) is 14.9 Å². The monoisotopic (exact) mass is 302 g/mol. The van der Waals surface area contributed by atoms with Crippen LogP contribution in [-0.4, -0.2) is 17.9 Å². The van der Waals surface area contributed by atoms with E-state index >= 15 is 0 Å². The van der Waals surface area contributed by atoms with Gasteiger partial charge in [-0.05, 0) is 30.7 Å². The van der Waals surface area contributed by atoms with Crippen molar-refractivity contribution in [3.8, 4) is 0 Å². The molecule has 1 aromatic rings. The summed E-state index contributed by atoms with van der Waals surface area (Å²) in [7, 11) is 0. The van der Waals surface area contributed by atoms with Crippen LogP contribution in [0.5, 0.6) is 0 Å². The van der Waals surface area contributed by atoms with Gasteiger partial charge in [-0.15, -0.1) is 0 Å². The lowest BCUT2D eigenvalue weighted by molar-refractivity contribution is -0.137. The molecule has 1 aromatic carbocycles. The Balaban J connectivity index is 2.65. The van der Waals surface area contributed by atoms with Gasteiger partial charge in [0, 0.05) is 25.1 Å². The van der Waals surface area contributed by atoms with Crippen molar-refractivity contribution in [3.63, 3.8) is 0 Å². The van der Waals surface area contributed by atoms with E-state index in [1.807, 2.05) is 6.92 Å². The highest BCUT2D eigenvalue weighted by molar-refractivity contribution is 5.94. The van der Waals surface area contributed by atoms with E-state index in [2.05, 4.69) is 10.6 Å². The summed E-state index contributed by atoms with van der Waals surface area (Å²) < 4.78 is 37.3. The first kappa shape index (κ1) is 17.0. The second kappa shape index (κ2) is 7.10. The fourth-order valence-electron chi connectivity index (χ4n) is 1.76. The van der Waals surface area contributed by atoms with Crippen molar-refractivity contribution in [2.75, 3.05) is 5.32 Å². The zero-order valence-corrected chi connectivity index (χ0v) is 11.8. The van der Waals surface area contributed by atoms with Gasteiger partial charge in [-0.2, -0.15) is 13.2 Å². The molecule has 21 heavy (non-hydrogen) atoms. The molecule has 0 saturated heterocycles. The molecule has 0 heterocycles. The SMILES string of the molecule is CCC(CC(=O)NC(C)=O)Nc1ccc(C(F)(F)F)cc1. The molecule has 7 heteroatoms. The predicted molar refractivity (Wildman–Crippen MR) is 72.6 cm³/mol. The van der Waals surface area contributed by atoms with Crippen LogP contribution in [0, 0.1) is 0 Å². The van der Waals surface area contributed by atoms with Crippen molar-refractivity contribution in [1.29, 1.82) is 0 Å². The first-order valence-corrected chi connectivity index (χ1v) is 6.46. The van der Waals surface area contributed by atoms with Crippen LogP contribution in [0.4, 0.5) is 18.9 Å². The lowest BCUT2D eigenvalue weighted by atomic mass is 10.1. The topological polar surface area (TPSA) is 58.2 Å². The molecule has 116 valence electrons. The predicted octanol–water partition coefficient (Wildman–Crippen LogP) is 2.95. The van der Waals surface area contributed by atoms with Crippen LogP contribution in [0.25, 0.3) is 0 Å². The summed E-state index contributed by atoms with van der Waals surface area (Å²) in [6.45, 7) is 3.07. The van der Waals surface area contributed by atoms with Crippen molar-refractivity contribution in [3.05, 3.63) is 29.8 Å². The van der Waals surface area contributed by atoms with E-state index in [4.69, 9.17) is 0 Å². The summed E-state index contributed by atoms with van der Waals surface area (Å²) in [5.74, 6) is -0.863. The maximum Gasteiger partial charge on any atom is 0.416 e. The quantitative estimate of drug-likeness (QED) is 0.879. The van der Waals surface area contributed by atoms with Crippen LogP contribution < -0.4 is 10.6 Å². The maximum atomic E-state index is 12.4. The van der Waals surface area contributed by atoms with E-state index in [9.17, 15) is 22.8 Å². The molecule has 2 N–H and O–H groups in total. The molecule has 0 spiro atoms. The van der Waals surface area contributed by atoms with Gasteiger partial charge < -0.3 is 5.32 Å². The Morgan fingerprint density at radius 3 is 2.19 bits per heavy atom. The number of halogens is 3. The second-order valence-corrected chi connectivity index (χ2v) is 4.63. The van der Waals surface area contributed by atoms with E-state index in [-0.39, 0.29) is 12.5 Å². The van der Waals surface area contributed by atoms with E-state index in [1.54, 1.807) is 0 Å². The third kappa shape index (κ3) is 5.85. The van der Waals surface area contributed by atoms with Gasteiger partial charge in [0.1, 0.15) is 0 Å². The van der Waals surface area contributed by atoms with E-state index in [0.717, 1.165) is 12.1 Å². The number of alkyl halides is 3. The molecule has 0 fully saturated rings. The zero-order valence-electron chi connectivity index (χ0n) is 11.8. The van der Waals surface area contributed by atoms with Gasteiger partial charge in [0.05, 0.1) is 5.56 Å². The summed E-state index contributed by atoms with van der Waals surface area (Å²) >= 11 is 0. The third-order valence-corrected chi connectivity index (χ3v) is 2.82. The Kier molecular flexibility index (Phi) is 5.75. The van der Waals surface area contributed by atoms with E-state index in [0.29, 0.717) is 12.1 Å². The highest BCUT2D eigenvalue weighted by Gasteiger charge is 2.30. The summed E-state index contributed by atoms with van der Waals surface area (Å²) in [5, 5.41) is 5.13. The van der Waals surface area contributed by atoms with Crippen LogP contribution in [0.15, 0.2) is 24.3 Å². The smallest absolute Gasteiger partial charge is 0.382 e. The Morgan fingerprint density at radius 2 is 1.76 bits per heavy atom. The third-order valence-electron chi connectivity index (χ3n) is 2.82. The molecule has 1 rings (SSSR count).